The lowest BCUT2D eigenvalue weighted by molar-refractivity contribution is -0.170. The summed E-state index contributed by atoms with van der Waals surface area (Å²) in [5, 5.41) is 10.3. The van der Waals surface area contributed by atoms with Crippen molar-refractivity contribution in [2.24, 2.45) is 0 Å². The number of alkyl halides is 3. The van der Waals surface area contributed by atoms with Gasteiger partial charge in [-0.15, -0.1) is 0 Å². The van der Waals surface area contributed by atoms with Crippen molar-refractivity contribution in [1.29, 1.82) is 0 Å². The van der Waals surface area contributed by atoms with E-state index in [1.54, 1.807) is 0 Å². The molecule has 0 atom stereocenters. The van der Waals surface area contributed by atoms with E-state index in [9.17, 15) is 18.0 Å². The zero-order valence-corrected chi connectivity index (χ0v) is 5.61. The fourth-order valence-corrected chi connectivity index (χ4v) is 0.423. The van der Waals surface area contributed by atoms with Crippen molar-refractivity contribution in [2.45, 2.75) is 12.6 Å². The first-order valence-electron chi connectivity index (χ1n) is 2.90. The highest BCUT2D eigenvalue weighted by Gasteiger charge is 2.37. The smallest absolute Gasteiger partial charge is 0.381 e. The lowest BCUT2D eigenvalue weighted by Gasteiger charge is -2.03. The number of nitrogens with one attached hydrogen (secondary N) is 1. The molecule has 0 aliphatic carbocycles. The van der Waals surface area contributed by atoms with Gasteiger partial charge >= 0.3 is 6.18 Å². The standard InChI is InChI=1S/C5H8F3NO2/c6-5(7,8)4(11)1-2-9-3-10/h9-10H,1-3H2. The summed E-state index contributed by atoms with van der Waals surface area (Å²) in [5.74, 6) is -1.78. The molecule has 6 heteroatoms. The molecule has 0 aliphatic heterocycles. The fourth-order valence-electron chi connectivity index (χ4n) is 0.423. The zero-order valence-electron chi connectivity index (χ0n) is 5.61. The maximum absolute atomic E-state index is 11.4. The zero-order chi connectivity index (χ0) is 8.91. The molecule has 66 valence electrons. The van der Waals surface area contributed by atoms with Crippen LogP contribution in [0.15, 0.2) is 0 Å². The molecule has 2 N–H and O–H groups in total. The summed E-state index contributed by atoms with van der Waals surface area (Å²) in [7, 11) is 0. The highest BCUT2D eigenvalue weighted by atomic mass is 19.4. The van der Waals surface area contributed by atoms with Crippen molar-refractivity contribution in [2.75, 3.05) is 13.3 Å². The number of aliphatic hydroxyl groups is 1. The Kier molecular flexibility index (Phi) is 4.06. The second-order valence-electron chi connectivity index (χ2n) is 1.83. The number of hydrogen-bond donors (Lipinski definition) is 2. The van der Waals surface area contributed by atoms with Crippen LogP contribution in [0, 0.1) is 0 Å². The van der Waals surface area contributed by atoms with E-state index >= 15 is 0 Å². The lowest BCUT2D eigenvalue weighted by atomic mass is 10.3. The normalized spacial score (nSPS) is 11.6. The third-order valence-corrected chi connectivity index (χ3v) is 0.957. The number of rotatable bonds is 4. The van der Waals surface area contributed by atoms with Crippen LogP contribution in [0.25, 0.3) is 0 Å². The second kappa shape index (κ2) is 4.30. The minimum absolute atomic E-state index is 0.158. The van der Waals surface area contributed by atoms with Gasteiger partial charge in [-0.2, -0.15) is 13.2 Å². The number of hydrogen-bond acceptors (Lipinski definition) is 3. The minimum Gasteiger partial charge on any atom is -0.381 e. The fraction of sp³-hybridized carbons (Fsp3) is 0.800. The summed E-state index contributed by atoms with van der Waals surface area (Å²) in [6.07, 6.45) is -5.39. The van der Waals surface area contributed by atoms with Crippen molar-refractivity contribution in [3.8, 4) is 0 Å². The molecule has 0 spiro atoms. The van der Waals surface area contributed by atoms with Crippen LogP contribution < -0.4 is 5.32 Å². The van der Waals surface area contributed by atoms with Gasteiger partial charge in [0.15, 0.2) is 0 Å². The van der Waals surface area contributed by atoms with Crippen molar-refractivity contribution in [3.05, 3.63) is 0 Å². The Morgan fingerprint density at radius 1 is 1.45 bits per heavy atom. The molecule has 0 aromatic carbocycles. The topological polar surface area (TPSA) is 49.3 Å². The average molecular weight is 171 g/mol. The van der Waals surface area contributed by atoms with Gasteiger partial charge in [-0.3, -0.25) is 10.1 Å². The van der Waals surface area contributed by atoms with Crippen molar-refractivity contribution in [1.82, 2.24) is 5.32 Å². The predicted octanol–water partition coefficient (Wildman–Crippen LogP) is 0.0473. The molecule has 0 aromatic heterocycles. The van der Waals surface area contributed by atoms with Gasteiger partial charge in [0.2, 0.25) is 5.78 Å². The Morgan fingerprint density at radius 2 is 2.00 bits per heavy atom. The van der Waals surface area contributed by atoms with Crippen LogP contribution >= 0.6 is 0 Å². The van der Waals surface area contributed by atoms with Crippen LogP contribution in [-0.4, -0.2) is 30.3 Å². The Morgan fingerprint density at radius 3 is 2.36 bits per heavy atom. The highest BCUT2D eigenvalue weighted by Crippen LogP contribution is 2.16. The van der Waals surface area contributed by atoms with Crippen LogP contribution in [0.4, 0.5) is 13.2 Å². The molecule has 0 aliphatic rings. The minimum atomic E-state index is -4.75. The van der Waals surface area contributed by atoms with E-state index in [0.717, 1.165) is 0 Å². The van der Waals surface area contributed by atoms with Gasteiger partial charge in [-0.25, -0.2) is 0 Å². The molecular formula is C5H8F3NO2. The largest absolute Gasteiger partial charge is 0.450 e. The van der Waals surface area contributed by atoms with Crippen LogP contribution in [0.3, 0.4) is 0 Å². The van der Waals surface area contributed by atoms with Gasteiger partial charge in [-0.1, -0.05) is 0 Å². The van der Waals surface area contributed by atoms with Crippen molar-refractivity contribution in [3.63, 3.8) is 0 Å². The molecule has 0 fully saturated rings. The number of ketones is 1. The van der Waals surface area contributed by atoms with E-state index in [2.05, 4.69) is 5.32 Å². The number of aliphatic hydroxyl groups excluding tert-OH is 1. The van der Waals surface area contributed by atoms with Gasteiger partial charge in [-0.05, 0) is 0 Å². The monoisotopic (exact) mass is 171 g/mol. The highest BCUT2D eigenvalue weighted by molar-refractivity contribution is 5.84. The Hall–Kier alpha value is -0.620. The van der Waals surface area contributed by atoms with E-state index in [1.165, 1.54) is 0 Å². The van der Waals surface area contributed by atoms with Crippen LogP contribution in [-0.2, 0) is 4.79 Å². The quantitative estimate of drug-likeness (QED) is 0.464. The summed E-state index contributed by atoms with van der Waals surface area (Å²) in [4.78, 5) is 10.1. The Labute approximate surface area is 61.2 Å². The van der Waals surface area contributed by atoms with Gasteiger partial charge in [0.05, 0.1) is 6.73 Å². The molecule has 3 nitrogen and oxygen atoms in total. The second-order valence-corrected chi connectivity index (χ2v) is 1.83. The van der Waals surface area contributed by atoms with E-state index in [1.807, 2.05) is 0 Å². The molecule has 0 amide bonds. The molecule has 0 unspecified atom stereocenters. The average Bonchev–Trinajstić information content (AvgIpc) is 1.86. The first-order valence-corrected chi connectivity index (χ1v) is 2.90. The first kappa shape index (κ1) is 10.4. The maximum Gasteiger partial charge on any atom is 0.450 e. The Balaban J connectivity index is 3.54. The molecule has 11 heavy (non-hydrogen) atoms. The molecule has 0 rings (SSSR count). The molecule has 0 saturated carbocycles. The molecule has 0 bridgehead atoms. The summed E-state index contributed by atoms with van der Waals surface area (Å²) in [6, 6.07) is 0. The van der Waals surface area contributed by atoms with E-state index in [0.29, 0.717) is 0 Å². The summed E-state index contributed by atoms with van der Waals surface area (Å²) in [5.41, 5.74) is 0. The summed E-state index contributed by atoms with van der Waals surface area (Å²) in [6.45, 7) is -0.583. The van der Waals surface area contributed by atoms with E-state index in [4.69, 9.17) is 5.11 Å². The predicted molar refractivity (Wildman–Crippen MR) is 30.8 cm³/mol. The summed E-state index contributed by atoms with van der Waals surface area (Å²) < 4.78 is 34.3. The molecule has 0 radical (unpaired) electrons. The van der Waals surface area contributed by atoms with Crippen molar-refractivity contribution < 1.29 is 23.1 Å². The third kappa shape index (κ3) is 4.74. The van der Waals surface area contributed by atoms with Gasteiger partial charge in [0.25, 0.3) is 0 Å². The molecule has 0 heterocycles. The van der Waals surface area contributed by atoms with Gasteiger partial charge in [0, 0.05) is 13.0 Å². The van der Waals surface area contributed by atoms with E-state index < -0.39 is 25.1 Å². The molecule has 0 aromatic rings. The van der Waals surface area contributed by atoms with E-state index in [-0.39, 0.29) is 6.54 Å². The number of carbonyl (C=O) groups excluding carboxylic acids is 1. The summed E-state index contributed by atoms with van der Waals surface area (Å²) >= 11 is 0. The SMILES string of the molecule is O=C(CCNCO)C(F)(F)F. The third-order valence-electron chi connectivity index (χ3n) is 0.957. The maximum atomic E-state index is 11.4. The Bertz CT molecular complexity index is 134. The lowest BCUT2D eigenvalue weighted by Crippen LogP contribution is -2.27. The van der Waals surface area contributed by atoms with Crippen LogP contribution in [0.1, 0.15) is 6.42 Å². The van der Waals surface area contributed by atoms with Gasteiger partial charge < -0.3 is 5.11 Å². The van der Waals surface area contributed by atoms with Crippen molar-refractivity contribution >= 4 is 5.78 Å². The first-order chi connectivity index (χ1) is 4.98. The van der Waals surface area contributed by atoms with Gasteiger partial charge in [0.1, 0.15) is 0 Å². The number of carbonyl (C=O) groups is 1. The molecule has 0 saturated heterocycles. The number of halogens is 3. The molecular weight excluding hydrogens is 163 g/mol. The van der Waals surface area contributed by atoms with Crippen LogP contribution in [0.2, 0.25) is 0 Å². The van der Waals surface area contributed by atoms with Crippen LogP contribution in [0.5, 0.6) is 0 Å². The number of Topliss-reactive ketones (excluding diaryl/α,β-unsaturated/α-hetero) is 1.